The molecule has 0 amide bonds. The molecule has 94 valence electrons. The highest BCUT2D eigenvalue weighted by Gasteiger charge is 2.24. The number of hydrogen-bond acceptors (Lipinski definition) is 6. The Hall–Kier alpha value is -0.530. The molecular formula is C10H16BrN5S. The summed E-state index contributed by atoms with van der Waals surface area (Å²) in [5.41, 5.74) is 2.48. The lowest BCUT2D eigenvalue weighted by Crippen LogP contribution is -2.41. The van der Waals surface area contributed by atoms with Crippen LogP contribution in [0.1, 0.15) is 13.8 Å². The summed E-state index contributed by atoms with van der Waals surface area (Å²) in [5, 5.41) is 1.21. The van der Waals surface area contributed by atoms with Crippen LogP contribution in [-0.4, -0.2) is 33.6 Å². The zero-order chi connectivity index (χ0) is 12.4. The van der Waals surface area contributed by atoms with Gasteiger partial charge in [-0.05, 0) is 15.9 Å². The van der Waals surface area contributed by atoms with Gasteiger partial charge in [0.15, 0.2) is 0 Å². The highest BCUT2D eigenvalue weighted by Crippen LogP contribution is 2.31. The van der Waals surface area contributed by atoms with Crippen LogP contribution >= 0.6 is 27.7 Å². The van der Waals surface area contributed by atoms with Crippen LogP contribution < -0.4 is 16.2 Å². The van der Waals surface area contributed by atoms with Crippen LogP contribution in [0.15, 0.2) is 10.7 Å². The molecule has 0 aliphatic carbocycles. The monoisotopic (exact) mass is 317 g/mol. The summed E-state index contributed by atoms with van der Waals surface area (Å²) in [4.78, 5) is 10.7. The van der Waals surface area contributed by atoms with Crippen LogP contribution in [0.5, 0.6) is 0 Å². The van der Waals surface area contributed by atoms with Gasteiger partial charge in [-0.15, -0.1) is 0 Å². The van der Waals surface area contributed by atoms with Gasteiger partial charge in [-0.1, -0.05) is 13.8 Å². The van der Waals surface area contributed by atoms with Crippen molar-refractivity contribution in [2.75, 3.05) is 23.4 Å². The van der Waals surface area contributed by atoms with E-state index in [1.807, 2.05) is 11.8 Å². The maximum absolute atomic E-state index is 5.34. The van der Waals surface area contributed by atoms with Crippen molar-refractivity contribution in [1.82, 2.24) is 9.97 Å². The number of hydrogen-bond donors (Lipinski definition) is 2. The van der Waals surface area contributed by atoms with E-state index >= 15 is 0 Å². The molecule has 0 saturated carbocycles. The second-order valence-corrected chi connectivity index (χ2v) is 6.91. The van der Waals surface area contributed by atoms with E-state index in [0.29, 0.717) is 16.4 Å². The summed E-state index contributed by atoms with van der Waals surface area (Å²) in [6, 6.07) is 0. The van der Waals surface area contributed by atoms with E-state index in [-0.39, 0.29) is 0 Å². The fourth-order valence-corrected chi connectivity index (χ4v) is 3.77. The summed E-state index contributed by atoms with van der Waals surface area (Å²) in [6.07, 6.45) is 1.73. The zero-order valence-electron chi connectivity index (χ0n) is 9.85. The Balaban J connectivity index is 2.26. The predicted octanol–water partition coefficient (Wildman–Crippen LogP) is 1.85. The molecule has 7 heteroatoms. The lowest BCUT2D eigenvalue weighted by atomic mass is 10.3. The fourth-order valence-electron chi connectivity index (χ4n) is 2.00. The number of rotatable bonds is 2. The van der Waals surface area contributed by atoms with Crippen LogP contribution in [0.3, 0.4) is 0 Å². The first-order valence-corrected chi connectivity index (χ1v) is 7.23. The first-order valence-electron chi connectivity index (χ1n) is 5.49. The van der Waals surface area contributed by atoms with Crippen molar-refractivity contribution in [3.8, 4) is 0 Å². The number of nitrogens with one attached hydrogen (secondary N) is 1. The summed E-state index contributed by atoms with van der Waals surface area (Å²) in [5.74, 6) is 6.70. The Morgan fingerprint density at radius 1 is 1.47 bits per heavy atom. The lowest BCUT2D eigenvalue weighted by molar-refractivity contribution is 0.715. The molecule has 1 aromatic heterocycles. The fraction of sp³-hybridized carbons (Fsp3) is 0.600. The van der Waals surface area contributed by atoms with Gasteiger partial charge >= 0.3 is 0 Å². The van der Waals surface area contributed by atoms with E-state index in [0.717, 1.165) is 23.4 Å². The third-order valence-electron chi connectivity index (χ3n) is 2.57. The average molecular weight is 318 g/mol. The van der Waals surface area contributed by atoms with Gasteiger partial charge in [0.05, 0.1) is 4.47 Å². The van der Waals surface area contributed by atoms with Gasteiger partial charge in [-0.3, -0.25) is 5.43 Å². The number of aromatic nitrogens is 2. The second-order valence-electron chi connectivity index (χ2n) is 4.17. The Labute approximate surface area is 114 Å². The lowest BCUT2D eigenvalue weighted by Gasteiger charge is -2.35. The SMILES string of the molecule is CC1CN(c2nc(NN)ncc2Br)CC(C)S1. The Bertz CT molecular complexity index is 392. The van der Waals surface area contributed by atoms with Crippen LogP contribution in [0.2, 0.25) is 0 Å². The first kappa shape index (κ1) is 12.9. The quantitative estimate of drug-likeness (QED) is 0.641. The molecule has 3 N–H and O–H groups in total. The third kappa shape index (κ3) is 3.02. The van der Waals surface area contributed by atoms with E-state index in [2.05, 4.69) is 50.1 Å². The topological polar surface area (TPSA) is 67.1 Å². The highest BCUT2D eigenvalue weighted by atomic mass is 79.9. The minimum absolute atomic E-state index is 0.446. The van der Waals surface area contributed by atoms with E-state index in [1.165, 1.54) is 0 Å². The number of anilines is 2. The minimum Gasteiger partial charge on any atom is -0.353 e. The summed E-state index contributed by atoms with van der Waals surface area (Å²) in [7, 11) is 0. The number of nitrogens with two attached hydrogens (primary N) is 1. The maximum Gasteiger partial charge on any atom is 0.239 e. The van der Waals surface area contributed by atoms with Gasteiger partial charge in [0.2, 0.25) is 5.95 Å². The van der Waals surface area contributed by atoms with E-state index in [1.54, 1.807) is 6.20 Å². The van der Waals surface area contributed by atoms with Crippen LogP contribution in [-0.2, 0) is 0 Å². The molecule has 0 spiro atoms. The Morgan fingerprint density at radius 3 is 2.71 bits per heavy atom. The van der Waals surface area contributed by atoms with E-state index in [4.69, 9.17) is 5.84 Å². The van der Waals surface area contributed by atoms with Gasteiger partial charge in [-0.25, -0.2) is 10.8 Å². The molecule has 2 rings (SSSR count). The van der Waals surface area contributed by atoms with Crippen molar-refractivity contribution in [2.24, 2.45) is 5.84 Å². The molecule has 0 bridgehead atoms. The molecule has 1 saturated heterocycles. The van der Waals surface area contributed by atoms with E-state index in [9.17, 15) is 0 Å². The van der Waals surface area contributed by atoms with Gasteiger partial charge in [0.1, 0.15) is 5.82 Å². The van der Waals surface area contributed by atoms with Crippen LogP contribution in [0, 0.1) is 0 Å². The summed E-state index contributed by atoms with van der Waals surface area (Å²) in [6.45, 7) is 6.47. The molecule has 1 aromatic rings. The van der Waals surface area contributed by atoms with Crippen LogP contribution in [0.4, 0.5) is 11.8 Å². The summed E-state index contributed by atoms with van der Waals surface area (Å²) >= 11 is 5.51. The van der Waals surface area contributed by atoms with Gasteiger partial charge in [0, 0.05) is 29.8 Å². The Morgan fingerprint density at radius 2 is 2.12 bits per heavy atom. The molecule has 5 nitrogen and oxygen atoms in total. The van der Waals surface area contributed by atoms with Gasteiger partial charge in [-0.2, -0.15) is 16.7 Å². The molecule has 1 aliphatic heterocycles. The molecule has 2 atom stereocenters. The first-order chi connectivity index (χ1) is 8.10. The van der Waals surface area contributed by atoms with Gasteiger partial charge in [0.25, 0.3) is 0 Å². The van der Waals surface area contributed by atoms with Crippen molar-refractivity contribution in [2.45, 2.75) is 24.3 Å². The molecule has 2 heterocycles. The smallest absolute Gasteiger partial charge is 0.239 e. The summed E-state index contributed by atoms with van der Waals surface area (Å²) < 4.78 is 0.905. The molecular weight excluding hydrogens is 302 g/mol. The van der Waals surface area contributed by atoms with Crippen molar-refractivity contribution >= 4 is 39.5 Å². The number of hydrazine groups is 1. The van der Waals surface area contributed by atoms with Crippen LogP contribution in [0.25, 0.3) is 0 Å². The number of nitrogens with zero attached hydrogens (tertiary/aromatic N) is 3. The van der Waals surface area contributed by atoms with Crippen molar-refractivity contribution < 1.29 is 0 Å². The maximum atomic E-state index is 5.34. The molecule has 1 fully saturated rings. The largest absolute Gasteiger partial charge is 0.353 e. The van der Waals surface area contributed by atoms with Crippen molar-refractivity contribution in [3.63, 3.8) is 0 Å². The number of halogens is 1. The molecule has 2 unspecified atom stereocenters. The predicted molar refractivity (Wildman–Crippen MR) is 76.3 cm³/mol. The van der Waals surface area contributed by atoms with Crippen molar-refractivity contribution in [3.05, 3.63) is 10.7 Å². The average Bonchev–Trinajstić information content (AvgIpc) is 2.28. The molecule has 1 aliphatic rings. The number of thioether (sulfide) groups is 1. The zero-order valence-corrected chi connectivity index (χ0v) is 12.3. The van der Waals surface area contributed by atoms with E-state index < -0.39 is 0 Å². The molecule has 0 radical (unpaired) electrons. The second kappa shape index (κ2) is 5.41. The molecule has 17 heavy (non-hydrogen) atoms. The normalized spacial score (nSPS) is 24.8. The number of nitrogen functional groups attached to an aromatic ring is 1. The third-order valence-corrected chi connectivity index (χ3v) is 4.36. The van der Waals surface area contributed by atoms with Gasteiger partial charge < -0.3 is 4.90 Å². The van der Waals surface area contributed by atoms with Crippen molar-refractivity contribution in [1.29, 1.82) is 0 Å². The minimum atomic E-state index is 0.446. The molecule has 0 aromatic carbocycles. The Kier molecular flexibility index (Phi) is 4.11. The highest BCUT2D eigenvalue weighted by molar-refractivity contribution is 9.10. The standard InChI is InChI=1S/C10H16BrN5S/c1-6-4-16(5-7(2)17-6)9-8(11)3-13-10(14-9)15-12/h3,6-7H,4-5,12H2,1-2H3,(H,13,14,15).